The third-order valence-electron chi connectivity index (χ3n) is 6.60. The molecule has 3 unspecified atom stereocenters. The van der Waals surface area contributed by atoms with E-state index in [0.29, 0.717) is 12.8 Å². The van der Waals surface area contributed by atoms with E-state index in [-0.39, 0.29) is 35.5 Å². The van der Waals surface area contributed by atoms with Crippen LogP contribution in [0.1, 0.15) is 50.6 Å². The van der Waals surface area contributed by atoms with Crippen LogP contribution in [0.2, 0.25) is 0 Å². The molecule has 160 valence electrons. The molecule has 30 heavy (non-hydrogen) atoms. The molecule has 0 saturated heterocycles. The van der Waals surface area contributed by atoms with Crippen LogP contribution in [0.4, 0.5) is 0 Å². The van der Waals surface area contributed by atoms with Crippen molar-refractivity contribution >= 4 is 17.6 Å². The molecule has 2 aliphatic carbocycles. The quantitative estimate of drug-likeness (QED) is 0.627. The highest BCUT2D eigenvalue weighted by atomic mass is 16.2. The van der Waals surface area contributed by atoms with Gasteiger partial charge in [-0.15, -0.1) is 6.42 Å². The van der Waals surface area contributed by atoms with Crippen molar-refractivity contribution < 1.29 is 14.4 Å². The Morgan fingerprint density at radius 3 is 2.53 bits per heavy atom. The maximum atomic E-state index is 13.4. The number of nitrogens with one attached hydrogen (secondary N) is 3. The maximum absolute atomic E-state index is 13.4. The van der Waals surface area contributed by atoms with E-state index >= 15 is 0 Å². The van der Waals surface area contributed by atoms with Crippen LogP contribution >= 0.6 is 0 Å². The predicted octanol–water partition coefficient (Wildman–Crippen LogP) is 1.97. The van der Waals surface area contributed by atoms with Crippen molar-refractivity contribution in [3.63, 3.8) is 0 Å². The Hall–Kier alpha value is -2.65. The van der Waals surface area contributed by atoms with Crippen molar-refractivity contribution in [1.82, 2.24) is 16.0 Å². The molecule has 1 aromatic carbocycles. The zero-order chi connectivity index (χ0) is 21.7. The van der Waals surface area contributed by atoms with Crippen molar-refractivity contribution in [3.05, 3.63) is 35.9 Å². The first-order chi connectivity index (χ1) is 14.5. The lowest BCUT2D eigenvalue weighted by molar-refractivity contribution is -0.136. The third-order valence-corrected chi connectivity index (χ3v) is 6.60. The number of hydrogen-bond donors (Lipinski definition) is 3. The second-order valence-electron chi connectivity index (χ2n) is 8.39. The molecular formula is C24H31N3O3. The number of benzene rings is 1. The Balaban J connectivity index is 1.73. The van der Waals surface area contributed by atoms with E-state index in [4.69, 9.17) is 6.42 Å². The fourth-order valence-electron chi connectivity index (χ4n) is 4.78. The second kappa shape index (κ2) is 9.90. The molecule has 2 aliphatic rings. The third kappa shape index (κ3) is 4.73. The number of carbonyl (C=O) groups excluding carboxylic acids is 3. The van der Waals surface area contributed by atoms with Gasteiger partial charge in [0.2, 0.25) is 11.8 Å². The SMILES string of the molecule is C#C[C@@H](NC(=O)C1CCC2CCC[C@H](NC(=O)[C@H](C)NC)C(=O)C21)c1ccccc1. The minimum absolute atomic E-state index is 0.0104. The summed E-state index contributed by atoms with van der Waals surface area (Å²) in [6.07, 6.45) is 9.60. The predicted molar refractivity (Wildman–Crippen MR) is 115 cm³/mol. The summed E-state index contributed by atoms with van der Waals surface area (Å²) in [6.45, 7) is 1.76. The number of rotatable bonds is 6. The zero-order valence-corrected chi connectivity index (χ0v) is 17.7. The van der Waals surface area contributed by atoms with Crippen LogP contribution in [-0.4, -0.2) is 36.7 Å². The molecule has 6 nitrogen and oxygen atoms in total. The van der Waals surface area contributed by atoms with Gasteiger partial charge in [-0.05, 0) is 51.1 Å². The Kier molecular flexibility index (Phi) is 7.28. The van der Waals surface area contributed by atoms with Gasteiger partial charge in [0.05, 0.1) is 12.1 Å². The molecule has 3 rings (SSSR count). The fourth-order valence-corrected chi connectivity index (χ4v) is 4.78. The lowest BCUT2D eigenvalue weighted by atomic mass is 9.83. The molecule has 6 heteroatoms. The number of fused-ring (bicyclic) bond motifs is 1. The monoisotopic (exact) mass is 409 g/mol. The highest BCUT2D eigenvalue weighted by Gasteiger charge is 2.47. The molecule has 2 fully saturated rings. The van der Waals surface area contributed by atoms with Crippen molar-refractivity contribution in [2.75, 3.05) is 7.05 Å². The summed E-state index contributed by atoms with van der Waals surface area (Å²) in [4.78, 5) is 38.8. The van der Waals surface area contributed by atoms with Gasteiger partial charge in [0, 0.05) is 11.8 Å². The number of carbonyl (C=O) groups is 3. The van der Waals surface area contributed by atoms with Crippen LogP contribution in [0.25, 0.3) is 0 Å². The van der Waals surface area contributed by atoms with Crippen LogP contribution in [0.15, 0.2) is 30.3 Å². The first-order valence-corrected chi connectivity index (χ1v) is 10.8. The molecule has 0 bridgehead atoms. The highest BCUT2D eigenvalue weighted by molar-refractivity contribution is 5.96. The molecule has 0 heterocycles. The molecule has 1 aromatic rings. The van der Waals surface area contributed by atoms with Gasteiger partial charge in [-0.2, -0.15) is 0 Å². The standard InChI is InChI=1S/C24H31N3O3/c1-4-19(16-9-6-5-7-10-16)26-24(30)18-14-13-17-11-8-12-20(22(28)21(17)18)27-23(29)15(2)25-3/h1,5-7,9-10,15,17-21,25H,8,11-14H2,2-3H3,(H,26,30)(H,27,29)/t15-,17?,18?,19+,20-,21?/m0/s1. The minimum Gasteiger partial charge on any atom is -0.345 e. The average Bonchev–Trinajstić information content (AvgIpc) is 3.13. The molecule has 6 atom stereocenters. The average molecular weight is 410 g/mol. The largest absolute Gasteiger partial charge is 0.345 e. The van der Waals surface area contributed by atoms with Gasteiger partial charge in [-0.1, -0.05) is 42.7 Å². The van der Waals surface area contributed by atoms with Crippen LogP contribution in [0, 0.1) is 30.1 Å². The molecule has 2 amide bonds. The lowest BCUT2D eigenvalue weighted by Gasteiger charge is -2.26. The molecule has 0 aliphatic heterocycles. The molecule has 3 N–H and O–H groups in total. The van der Waals surface area contributed by atoms with Crippen molar-refractivity contribution in [1.29, 1.82) is 0 Å². The fraction of sp³-hybridized carbons (Fsp3) is 0.542. The smallest absolute Gasteiger partial charge is 0.237 e. The number of hydrogen-bond acceptors (Lipinski definition) is 4. The van der Waals surface area contributed by atoms with E-state index in [9.17, 15) is 14.4 Å². The van der Waals surface area contributed by atoms with Crippen molar-refractivity contribution in [2.24, 2.45) is 17.8 Å². The topological polar surface area (TPSA) is 87.3 Å². The Labute approximate surface area is 178 Å². The summed E-state index contributed by atoms with van der Waals surface area (Å²) < 4.78 is 0. The molecule has 0 spiro atoms. The van der Waals surface area contributed by atoms with Gasteiger partial charge in [-0.25, -0.2) is 0 Å². The van der Waals surface area contributed by atoms with E-state index in [1.807, 2.05) is 30.3 Å². The van der Waals surface area contributed by atoms with E-state index < -0.39 is 18.0 Å². The van der Waals surface area contributed by atoms with E-state index in [1.165, 1.54) is 0 Å². The molecule has 0 radical (unpaired) electrons. The molecule has 2 saturated carbocycles. The minimum atomic E-state index is -0.533. The normalized spacial score (nSPS) is 27.8. The number of ketones is 1. The summed E-state index contributed by atoms with van der Waals surface area (Å²) in [7, 11) is 1.71. The number of terminal acetylenes is 1. The second-order valence-corrected chi connectivity index (χ2v) is 8.39. The Bertz CT molecular complexity index is 817. The van der Waals surface area contributed by atoms with Gasteiger partial charge >= 0.3 is 0 Å². The summed E-state index contributed by atoms with van der Waals surface area (Å²) >= 11 is 0. The number of likely N-dealkylation sites (N-methyl/N-ethyl adjacent to an activating group) is 1. The van der Waals surface area contributed by atoms with Gasteiger partial charge in [-0.3, -0.25) is 14.4 Å². The van der Waals surface area contributed by atoms with Gasteiger partial charge in [0.15, 0.2) is 5.78 Å². The summed E-state index contributed by atoms with van der Waals surface area (Å²) in [5, 5.41) is 8.75. The lowest BCUT2D eigenvalue weighted by Crippen LogP contribution is -2.50. The number of Topliss-reactive ketones (excluding diaryl/α,β-unsaturated/α-hetero) is 1. The first kappa shape index (κ1) is 22.0. The van der Waals surface area contributed by atoms with Crippen LogP contribution in [-0.2, 0) is 14.4 Å². The van der Waals surface area contributed by atoms with Gasteiger partial charge < -0.3 is 16.0 Å². The maximum Gasteiger partial charge on any atom is 0.237 e. The van der Waals surface area contributed by atoms with Crippen LogP contribution < -0.4 is 16.0 Å². The van der Waals surface area contributed by atoms with Crippen LogP contribution in [0.3, 0.4) is 0 Å². The van der Waals surface area contributed by atoms with E-state index in [1.54, 1.807) is 14.0 Å². The highest BCUT2D eigenvalue weighted by Crippen LogP contribution is 2.43. The first-order valence-electron chi connectivity index (χ1n) is 10.8. The Morgan fingerprint density at radius 1 is 1.13 bits per heavy atom. The molecule has 0 aromatic heterocycles. The number of amides is 2. The van der Waals surface area contributed by atoms with E-state index in [0.717, 1.165) is 24.8 Å². The van der Waals surface area contributed by atoms with Crippen LogP contribution in [0.5, 0.6) is 0 Å². The van der Waals surface area contributed by atoms with Gasteiger partial charge in [0.1, 0.15) is 6.04 Å². The van der Waals surface area contributed by atoms with E-state index in [2.05, 4.69) is 21.9 Å². The van der Waals surface area contributed by atoms with Crippen molar-refractivity contribution in [3.8, 4) is 12.3 Å². The van der Waals surface area contributed by atoms with Crippen molar-refractivity contribution in [2.45, 2.75) is 57.2 Å². The Morgan fingerprint density at radius 2 is 1.87 bits per heavy atom. The summed E-state index contributed by atoms with van der Waals surface area (Å²) in [5.74, 6) is 1.70. The summed E-state index contributed by atoms with van der Waals surface area (Å²) in [6, 6.07) is 7.99. The summed E-state index contributed by atoms with van der Waals surface area (Å²) in [5.41, 5.74) is 0.848. The molecular weight excluding hydrogens is 378 g/mol. The van der Waals surface area contributed by atoms with Gasteiger partial charge in [0.25, 0.3) is 0 Å². The zero-order valence-electron chi connectivity index (χ0n) is 17.7.